The van der Waals surface area contributed by atoms with Crippen LogP contribution < -0.4 is 5.32 Å². The summed E-state index contributed by atoms with van der Waals surface area (Å²) in [6.07, 6.45) is 2.10. The minimum absolute atomic E-state index is 0.0789. The molecule has 0 spiro atoms. The molecule has 2 aromatic rings. The summed E-state index contributed by atoms with van der Waals surface area (Å²) in [7, 11) is 0. The summed E-state index contributed by atoms with van der Waals surface area (Å²) >= 11 is 1.56. The van der Waals surface area contributed by atoms with Crippen molar-refractivity contribution in [3.05, 3.63) is 17.8 Å². The summed E-state index contributed by atoms with van der Waals surface area (Å²) in [6, 6.07) is 1.97. The van der Waals surface area contributed by atoms with Gasteiger partial charge in [0.15, 0.2) is 6.10 Å². The van der Waals surface area contributed by atoms with Gasteiger partial charge in [-0.2, -0.15) is 0 Å². The van der Waals surface area contributed by atoms with Crippen LogP contribution in [0.15, 0.2) is 17.8 Å². The number of carbonyl (C=O) groups is 1. The number of nitrogens with zero attached hydrogens (tertiary/aromatic N) is 2. The molecule has 3 heterocycles. The van der Waals surface area contributed by atoms with E-state index in [1.165, 1.54) is 6.33 Å². The zero-order valence-electron chi connectivity index (χ0n) is 10.1. The zero-order chi connectivity index (χ0) is 13.2. The summed E-state index contributed by atoms with van der Waals surface area (Å²) in [6.45, 7) is 0.561. The van der Waals surface area contributed by atoms with E-state index in [2.05, 4.69) is 15.3 Å². The second kappa shape index (κ2) is 5.10. The molecule has 7 heteroatoms. The Morgan fingerprint density at radius 2 is 2.42 bits per heavy atom. The van der Waals surface area contributed by atoms with Crippen LogP contribution in [0.25, 0.3) is 10.2 Å². The van der Waals surface area contributed by atoms with Gasteiger partial charge in [0.25, 0.3) is 0 Å². The van der Waals surface area contributed by atoms with Crippen molar-refractivity contribution in [1.29, 1.82) is 0 Å². The highest BCUT2D eigenvalue weighted by Gasteiger charge is 2.30. The average molecular weight is 279 g/mol. The van der Waals surface area contributed by atoms with Crippen molar-refractivity contribution >= 4 is 33.3 Å². The van der Waals surface area contributed by atoms with Gasteiger partial charge in [-0.15, -0.1) is 11.3 Å². The first-order valence-corrected chi connectivity index (χ1v) is 6.92. The molecule has 2 N–H and O–H groups in total. The van der Waals surface area contributed by atoms with E-state index in [1.54, 1.807) is 11.3 Å². The summed E-state index contributed by atoms with van der Waals surface area (Å²) < 4.78 is 5.44. The van der Waals surface area contributed by atoms with Crippen LogP contribution in [0, 0.1) is 0 Å². The van der Waals surface area contributed by atoms with Gasteiger partial charge < -0.3 is 15.2 Å². The van der Waals surface area contributed by atoms with Gasteiger partial charge in [0, 0.05) is 6.54 Å². The Bertz CT molecular complexity index is 601. The molecule has 0 aliphatic carbocycles. The molecule has 0 radical (unpaired) electrons. The second-order valence-electron chi connectivity index (χ2n) is 4.40. The molecule has 2 unspecified atom stereocenters. The molecule has 0 bridgehead atoms. The predicted octanol–water partition coefficient (Wildman–Crippen LogP) is 1.74. The Morgan fingerprint density at radius 1 is 1.53 bits per heavy atom. The number of rotatable bonds is 4. The van der Waals surface area contributed by atoms with Crippen LogP contribution in [-0.2, 0) is 9.53 Å². The Hall–Kier alpha value is -1.73. The van der Waals surface area contributed by atoms with Gasteiger partial charge in [-0.3, -0.25) is 0 Å². The summed E-state index contributed by atoms with van der Waals surface area (Å²) in [5.74, 6) is -0.113. The first-order chi connectivity index (χ1) is 9.24. The minimum atomic E-state index is -0.884. The lowest BCUT2D eigenvalue weighted by atomic mass is 10.2. The Kier molecular flexibility index (Phi) is 3.31. The Morgan fingerprint density at radius 3 is 3.21 bits per heavy atom. The fourth-order valence-corrected chi connectivity index (χ4v) is 2.91. The Labute approximate surface area is 113 Å². The predicted molar refractivity (Wildman–Crippen MR) is 71.4 cm³/mol. The quantitative estimate of drug-likeness (QED) is 0.886. The molecule has 100 valence electrons. The number of thiophene rings is 1. The van der Waals surface area contributed by atoms with Crippen LogP contribution >= 0.6 is 11.3 Å². The van der Waals surface area contributed by atoms with E-state index >= 15 is 0 Å². The zero-order valence-corrected chi connectivity index (χ0v) is 10.9. The van der Waals surface area contributed by atoms with E-state index in [1.807, 2.05) is 11.4 Å². The monoisotopic (exact) mass is 279 g/mol. The first-order valence-electron chi connectivity index (χ1n) is 6.04. The summed E-state index contributed by atoms with van der Waals surface area (Å²) in [5, 5.41) is 15.0. The lowest BCUT2D eigenvalue weighted by Gasteiger charge is -2.13. The van der Waals surface area contributed by atoms with Crippen molar-refractivity contribution < 1.29 is 14.6 Å². The van der Waals surface area contributed by atoms with Crippen LogP contribution in [0.1, 0.15) is 12.8 Å². The normalized spacial score (nSPS) is 22.7. The van der Waals surface area contributed by atoms with E-state index in [9.17, 15) is 4.79 Å². The molecule has 6 nitrogen and oxygen atoms in total. The van der Waals surface area contributed by atoms with Gasteiger partial charge in [0.2, 0.25) is 0 Å². The SMILES string of the molecule is O=C(O)C1CCC(CNc2ncnc3sccc23)O1. The molecule has 0 saturated carbocycles. The van der Waals surface area contributed by atoms with E-state index < -0.39 is 12.1 Å². The lowest BCUT2D eigenvalue weighted by Crippen LogP contribution is -2.24. The van der Waals surface area contributed by atoms with Crippen molar-refractivity contribution in [2.24, 2.45) is 0 Å². The smallest absolute Gasteiger partial charge is 0.332 e. The van der Waals surface area contributed by atoms with Crippen LogP contribution in [0.5, 0.6) is 0 Å². The molecule has 1 fully saturated rings. The molecule has 1 aliphatic rings. The third kappa shape index (κ3) is 2.52. The highest BCUT2D eigenvalue weighted by atomic mass is 32.1. The molecule has 1 aliphatic heterocycles. The van der Waals surface area contributed by atoms with Gasteiger partial charge in [-0.1, -0.05) is 0 Å². The van der Waals surface area contributed by atoms with Crippen molar-refractivity contribution in [3.8, 4) is 0 Å². The highest BCUT2D eigenvalue weighted by Crippen LogP contribution is 2.25. The minimum Gasteiger partial charge on any atom is -0.479 e. The molecule has 0 amide bonds. The summed E-state index contributed by atoms with van der Waals surface area (Å²) in [4.78, 5) is 20.1. The van der Waals surface area contributed by atoms with E-state index in [-0.39, 0.29) is 6.10 Å². The lowest BCUT2D eigenvalue weighted by molar-refractivity contribution is -0.149. The van der Waals surface area contributed by atoms with Crippen LogP contribution in [0.4, 0.5) is 5.82 Å². The topological polar surface area (TPSA) is 84.3 Å². The van der Waals surface area contributed by atoms with E-state index in [0.29, 0.717) is 13.0 Å². The van der Waals surface area contributed by atoms with Gasteiger partial charge in [0.05, 0.1) is 11.5 Å². The molecule has 1 saturated heterocycles. The molecule has 2 atom stereocenters. The third-order valence-electron chi connectivity index (χ3n) is 3.14. The number of ether oxygens (including phenoxy) is 1. The molecule has 3 rings (SSSR count). The number of aromatic nitrogens is 2. The number of carboxylic acids is 1. The standard InChI is InChI=1S/C12H13N3O3S/c16-12(17)9-2-1-7(18-9)5-13-10-8-3-4-19-11(8)15-6-14-10/h3-4,6-7,9H,1-2,5H2,(H,16,17)(H,13,14,15). The van der Waals surface area contributed by atoms with E-state index in [0.717, 1.165) is 22.5 Å². The second-order valence-corrected chi connectivity index (χ2v) is 5.30. The number of aliphatic carboxylic acids is 1. The maximum absolute atomic E-state index is 10.8. The van der Waals surface area contributed by atoms with Crippen molar-refractivity contribution in [1.82, 2.24) is 9.97 Å². The van der Waals surface area contributed by atoms with Gasteiger partial charge in [0.1, 0.15) is 17.0 Å². The number of anilines is 1. The number of fused-ring (bicyclic) bond motifs is 1. The average Bonchev–Trinajstić information content (AvgIpc) is 3.05. The summed E-state index contributed by atoms with van der Waals surface area (Å²) in [5.41, 5.74) is 0. The first kappa shape index (κ1) is 12.3. The molecule has 2 aromatic heterocycles. The maximum atomic E-state index is 10.8. The van der Waals surface area contributed by atoms with Gasteiger partial charge in [-0.25, -0.2) is 14.8 Å². The van der Waals surface area contributed by atoms with Crippen molar-refractivity contribution in [2.45, 2.75) is 25.0 Å². The molecule has 19 heavy (non-hydrogen) atoms. The van der Waals surface area contributed by atoms with Crippen molar-refractivity contribution in [2.75, 3.05) is 11.9 Å². The fraction of sp³-hybridized carbons (Fsp3) is 0.417. The third-order valence-corrected chi connectivity index (χ3v) is 3.96. The van der Waals surface area contributed by atoms with Gasteiger partial charge >= 0.3 is 5.97 Å². The highest BCUT2D eigenvalue weighted by molar-refractivity contribution is 7.16. The van der Waals surface area contributed by atoms with E-state index in [4.69, 9.17) is 9.84 Å². The van der Waals surface area contributed by atoms with Gasteiger partial charge in [-0.05, 0) is 24.3 Å². The van der Waals surface area contributed by atoms with Crippen molar-refractivity contribution in [3.63, 3.8) is 0 Å². The maximum Gasteiger partial charge on any atom is 0.332 e. The molecule has 0 aromatic carbocycles. The van der Waals surface area contributed by atoms with Crippen LogP contribution in [0.2, 0.25) is 0 Å². The number of nitrogens with one attached hydrogen (secondary N) is 1. The fourth-order valence-electron chi connectivity index (χ4n) is 2.18. The molecular formula is C12H13N3O3S. The Balaban J connectivity index is 1.64. The number of hydrogen-bond donors (Lipinski definition) is 2. The number of carboxylic acid groups (broad SMARTS) is 1. The van der Waals surface area contributed by atoms with Crippen LogP contribution in [0.3, 0.4) is 0 Å². The van der Waals surface area contributed by atoms with Crippen LogP contribution in [-0.4, -0.2) is 39.8 Å². The molecular weight excluding hydrogens is 266 g/mol. The number of hydrogen-bond acceptors (Lipinski definition) is 6. The largest absolute Gasteiger partial charge is 0.479 e.